The number of hydrogen-bond donors (Lipinski definition) is 2. The van der Waals surface area contributed by atoms with E-state index in [9.17, 15) is 18.0 Å². The lowest BCUT2D eigenvalue weighted by Crippen LogP contribution is -2.33. The van der Waals surface area contributed by atoms with Crippen LogP contribution in [0.1, 0.15) is 17.3 Å². The molecule has 0 aliphatic heterocycles. The number of halogens is 3. The normalized spacial score (nSPS) is 11.4. The molecule has 0 aliphatic carbocycles. The van der Waals surface area contributed by atoms with Crippen molar-refractivity contribution >= 4 is 23.2 Å². The zero-order chi connectivity index (χ0) is 23.4. The van der Waals surface area contributed by atoms with Gasteiger partial charge in [-0.25, -0.2) is 9.50 Å². The number of fused-ring (bicyclic) bond motifs is 1. The van der Waals surface area contributed by atoms with E-state index in [2.05, 4.69) is 20.4 Å². The summed E-state index contributed by atoms with van der Waals surface area (Å²) in [6.07, 6.45) is -1.07. The summed E-state index contributed by atoms with van der Waals surface area (Å²) in [5.41, 5.74) is 2.93. The Labute approximate surface area is 186 Å². The number of aromatic nitrogens is 4. The van der Waals surface area contributed by atoms with E-state index in [-0.39, 0.29) is 5.56 Å². The molecular weight excluding hydrogens is 437 g/mol. The molecule has 0 aliphatic rings. The van der Waals surface area contributed by atoms with Crippen molar-refractivity contribution < 1.29 is 22.7 Å². The molecule has 0 spiro atoms. The lowest BCUT2D eigenvalue weighted by Gasteiger charge is -2.09. The van der Waals surface area contributed by atoms with Crippen molar-refractivity contribution in [2.45, 2.75) is 13.1 Å². The van der Waals surface area contributed by atoms with Crippen molar-refractivity contribution in [3.8, 4) is 17.0 Å². The van der Waals surface area contributed by atoms with Crippen molar-refractivity contribution in [3.05, 3.63) is 66.5 Å². The Hall–Kier alpha value is -4.15. The molecule has 33 heavy (non-hydrogen) atoms. The fourth-order valence-corrected chi connectivity index (χ4v) is 3.06. The number of alkyl halides is 3. The van der Waals surface area contributed by atoms with Crippen molar-refractivity contribution in [3.63, 3.8) is 0 Å². The third kappa shape index (κ3) is 5.37. The highest BCUT2D eigenvalue weighted by Crippen LogP contribution is 2.25. The molecule has 0 atom stereocenters. The van der Waals surface area contributed by atoms with E-state index < -0.39 is 18.6 Å². The number of ether oxygens (including phenoxy) is 1. The second-order valence-corrected chi connectivity index (χ2v) is 6.95. The fourth-order valence-electron chi connectivity index (χ4n) is 3.06. The maximum atomic E-state index is 12.3. The Morgan fingerprint density at radius 3 is 2.58 bits per heavy atom. The van der Waals surface area contributed by atoms with Crippen LogP contribution in [0.2, 0.25) is 0 Å². The van der Waals surface area contributed by atoms with Gasteiger partial charge in [0.05, 0.1) is 6.61 Å². The molecule has 1 amide bonds. The number of carbonyl (C=O) groups excluding carboxylic acids is 1. The van der Waals surface area contributed by atoms with Crippen LogP contribution < -0.4 is 15.4 Å². The molecule has 11 heteroatoms. The number of amides is 1. The third-order valence-electron chi connectivity index (χ3n) is 4.56. The number of hydrogen-bond acceptors (Lipinski definition) is 6. The van der Waals surface area contributed by atoms with Crippen LogP contribution in [0.3, 0.4) is 0 Å². The lowest BCUT2D eigenvalue weighted by atomic mass is 10.1. The largest absolute Gasteiger partial charge is 0.476 e. The first-order chi connectivity index (χ1) is 15.8. The number of rotatable bonds is 7. The summed E-state index contributed by atoms with van der Waals surface area (Å²) < 4.78 is 43.9. The van der Waals surface area contributed by atoms with Gasteiger partial charge in [0, 0.05) is 23.5 Å². The molecule has 8 nitrogen and oxygen atoms in total. The highest BCUT2D eigenvalue weighted by molar-refractivity contribution is 5.94. The summed E-state index contributed by atoms with van der Waals surface area (Å²) in [5.74, 6) is 0.0137. The molecular formula is C22H19F3N6O2. The summed E-state index contributed by atoms with van der Waals surface area (Å²) in [6, 6.07) is 13.4. The van der Waals surface area contributed by atoms with Crippen LogP contribution >= 0.6 is 0 Å². The molecule has 0 radical (unpaired) electrons. The average molecular weight is 456 g/mol. The number of pyridine rings is 2. The quantitative estimate of drug-likeness (QED) is 0.433. The van der Waals surface area contributed by atoms with Gasteiger partial charge < -0.3 is 15.4 Å². The van der Waals surface area contributed by atoms with E-state index in [0.717, 1.165) is 11.1 Å². The molecule has 1 aromatic carbocycles. The first kappa shape index (κ1) is 22.1. The van der Waals surface area contributed by atoms with Crippen molar-refractivity contribution in [1.82, 2.24) is 24.9 Å². The SMILES string of the molecule is CCOc1ncccc1Nc1nc2ccc(-c3ccc(C(=O)NCC(F)(F)F)cc3)cn2n1. The first-order valence-electron chi connectivity index (χ1n) is 9.99. The summed E-state index contributed by atoms with van der Waals surface area (Å²) in [5, 5.41) is 9.37. The molecule has 0 saturated carbocycles. The highest BCUT2D eigenvalue weighted by atomic mass is 19.4. The smallest absolute Gasteiger partial charge is 0.405 e. The van der Waals surface area contributed by atoms with E-state index in [0.29, 0.717) is 29.8 Å². The number of nitrogens with one attached hydrogen (secondary N) is 2. The summed E-state index contributed by atoms with van der Waals surface area (Å²) in [7, 11) is 0. The van der Waals surface area contributed by atoms with Crippen molar-refractivity contribution in [1.29, 1.82) is 0 Å². The van der Waals surface area contributed by atoms with Crippen LogP contribution in [0.15, 0.2) is 60.9 Å². The van der Waals surface area contributed by atoms with Crippen LogP contribution in [0.25, 0.3) is 16.8 Å². The second-order valence-electron chi connectivity index (χ2n) is 6.95. The van der Waals surface area contributed by atoms with Gasteiger partial charge in [-0.15, -0.1) is 5.10 Å². The minimum atomic E-state index is -4.46. The van der Waals surface area contributed by atoms with E-state index in [1.807, 2.05) is 24.4 Å². The van der Waals surface area contributed by atoms with Crippen molar-refractivity contribution in [2.75, 3.05) is 18.5 Å². The highest BCUT2D eigenvalue weighted by Gasteiger charge is 2.27. The molecule has 0 fully saturated rings. The van der Waals surface area contributed by atoms with Gasteiger partial charge in [-0.3, -0.25) is 4.79 Å². The zero-order valence-corrected chi connectivity index (χ0v) is 17.4. The lowest BCUT2D eigenvalue weighted by molar-refractivity contribution is -0.123. The molecule has 4 rings (SSSR count). The number of nitrogens with zero attached hydrogens (tertiary/aromatic N) is 4. The Morgan fingerprint density at radius 2 is 1.85 bits per heavy atom. The van der Waals surface area contributed by atoms with E-state index in [4.69, 9.17) is 4.74 Å². The van der Waals surface area contributed by atoms with E-state index >= 15 is 0 Å². The molecule has 2 N–H and O–H groups in total. The van der Waals surface area contributed by atoms with Crippen LogP contribution in [0.4, 0.5) is 24.8 Å². The molecule has 0 unspecified atom stereocenters. The minimum Gasteiger partial charge on any atom is -0.476 e. The van der Waals surface area contributed by atoms with Gasteiger partial charge >= 0.3 is 6.18 Å². The Kier molecular flexibility index (Phi) is 6.11. The predicted octanol–water partition coefficient (Wildman–Crippen LogP) is 4.23. The first-order valence-corrected chi connectivity index (χ1v) is 9.99. The number of benzene rings is 1. The van der Waals surface area contributed by atoms with Gasteiger partial charge in [0.25, 0.3) is 5.91 Å². The average Bonchev–Trinajstić information content (AvgIpc) is 3.20. The van der Waals surface area contributed by atoms with Gasteiger partial charge in [-0.2, -0.15) is 18.2 Å². The van der Waals surface area contributed by atoms with Gasteiger partial charge in [0.2, 0.25) is 11.8 Å². The summed E-state index contributed by atoms with van der Waals surface area (Å²) in [6.45, 7) is 0.957. The fraction of sp³-hybridized carbons (Fsp3) is 0.182. The van der Waals surface area contributed by atoms with Crippen molar-refractivity contribution in [2.24, 2.45) is 0 Å². The standard InChI is InChI=1S/C22H19F3N6O2/c1-2-33-20-17(4-3-11-26-20)28-21-29-18-10-9-16(12-31(18)30-21)14-5-7-15(8-6-14)19(32)27-13-22(23,24)25/h3-12H,2,13H2,1H3,(H,27,32)(H,28,30). The Morgan fingerprint density at radius 1 is 1.09 bits per heavy atom. The van der Waals surface area contributed by atoms with Gasteiger partial charge in [0.1, 0.15) is 12.2 Å². The molecule has 4 aromatic rings. The zero-order valence-electron chi connectivity index (χ0n) is 17.4. The summed E-state index contributed by atoms with van der Waals surface area (Å²) in [4.78, 5) is 20.5. The Balaban J connectivity index is 1.51. The third-order valence-corrected chi connectivity index (χ3v) is 4.56. The molecule has 3 aromatic heterocycles. The molecule has 3 heterocycles. The van der Waals surface area contributed by atoms with Gasteiger partial charge in [-0.05, 0) is 48.9 Å². The Bertz CT molecular complexity index is 1270. The molecule has 0 saturated heterocycles. The number of carbonyl (C=O) groups is 1. The van der Waals surface area contributed by atoms with E-state index in [1.165, 1.54) is 12.1 Å². The van der Waals surface area contributed by atoms with Crippen LogP contribution in [-0.4, -0.2) is 44.8 Å². The van der Waals surface area contributed by atoms with E-state index in [1.54, 1.807) is 41.2 Å². The molecule has 170 valence electrons. The maximum Gasteiger partial charge on any atom is 0.405 e. The topological polar surface area (TPSA) is 93.4 Å². The van der Waals surface area contributed by atoms with Crippen LogP contribution in [-0.2, 0) is 0 Å². The van der Waals surface area contributed by atoms with Crippen LogP contribution in [0.5, 0.6) is 5.88 Å². The molecule has 0 bridgehead atoms. The maximum absolute atomic E-state index is 12.3. The number of anilines is 2. The van der Waals surface area contributed by atoms with Crippen LogP contribution in [0, 0.1) is 0 Å². The predicted molar refractivity (Wildman–Crippen MR) is 115 cm³/mol. The second kappa shape index (κ2) is 9.15. The summed E-state index contributed by atoms with van der Waals surface area (Å²) >= 11 is 0. The monoisotopic (exact) mass is 456 g/mol. The van der Waals surface area contributed by atoms with Gasteiger partial charge in [-0.1, -0.05) is 12.1 Å². The minimum absolute atomic E-state index is 0.137. The van der Waals surface area contributed by atoms with Gasteiger partial charge in [0.15, 0.2) is 5.65 Å².